The predicted octanol–water partition coefficient (Wildman–Crippen LogP) is 3.42. The molecule has 22 heavy (non-hydrogen) atoms. The number of piperidine rings is 1. The topological polar surface area (TPSA) is 38.2 Å². The summed E-state index contributed by atoms with van der Waals surface area (Å²) in [7, 11) is 0. The van der Waals surface area contributed by atoms with Gasteiger partial charge in [0.25, 0.3) is 0 Å². The second kappa shape index (κ2) is 7.56. The van der Waals surface area contributed by atoms with Gasteiger partial charge in [0.1, 0.15) is 10.8 Å². The molecule has 0 unspecified atom stereocenters. The van der Waals surface area contributed by atoms with Crippen molar-refractivity contribution in [1.82, 2.24) is 14.9 Å². The van der Waals surface area contributed by atoms with E-state index in [-0.39, 0.29) is 0 Å². The molecule has 3 rings (SSSR count). The Morgan fingerprint density at radius 3 is 2.55 bits per heavy atom. The van der Waals surface area contributed by atoms with Crippen molar-refractivity contribution in [3.8, 4) is 5.75 Å². The standard InChI is InChI=1S/C17H20ClN3O/c18-16-11-20-8-3-17(16)22-13-15-4-9-21(10-5-15)12-14-1-6-19-7-2-14/h1-3,6-8,11,15H,4-5,9-10,12-13H2. The molecule has 0 spiro atoms. The molecule has 116 valence electrons. The van der Waals surface area contributed by atoms with E-state index in [1.54, 1.807) is 12.4 Å². The number of nitrogens with zero attached hydrogens (tertiary/aromatic N) is 3. The SMILES string of the molecule is Clc1cnccc1OCC1CCN(Cc2ccncc2)CC1. The van der Waals surface area contributed by atoms with Crippen molar-refractivity contribution in [2.45, 2.75) is 19.4 Å². The highest BCUT2D eigenvalue weighted by Gasteiger charge is 2.20. The number of aromatic nitrogens is 2. The summed E-state index contributed by atoms with van der Waals surface area (Å²) in [5.41, 5.74) is 1.33. The number of ether oxygens (including phenoxy) is 1. The monoisotopic (exact) mass is 317 g/mol. The van der Waals surface area contributed by atoms with Crippen molar-refractivity contribution >= 4 is 11.6 Å². The van der Waals surface area contributed by atoms with Crippen LogP contribution in [0.3, 0.4) is 0 Å². The Morgan fingerprint density at radius 1 is 1.09 bits per heavy atom. The van der Waals surface area contributed by atoms with Gasteiger partial charge in [-0.3, -0.25) is 14.9 Å². The Morgan fingerprint density at radius 2 is 1.82 bits per heavy atom. The number of pyridine rings is 2. The zero-order valence-electron chi connectivity index (χ0n) is 12.5. The summed E-state index contributed by atoms with van der Waals surface area (Å²) in [4.78, 5) is 10.5. The molecule has 5 heteroatoms. The first kappa shape index (κ1) is 15.3. The first-order chi connectivity index (χ1) is 10.8. The maximum atomic E-state index is 6.05. The van der Waals surface area contributed by atoms with Crippen LogP contribution in [-0.2, 0) is 6.54 Å². The van der Waals surface area contributed by atoms with Crippen molar-refractivity contribution in [1.29, 1.82) is 0 Å². The van der Waals surface area contributed by atoms with Crippen LogP contribution < -0.4 is 4.74 Å². The molecule has 3 heterocycles. The first-order valence-corrected chi connectivity index (χ1v) is 8.02. The number of hydrogen-bond acceptors (Lipinski definition) is 4. The average Bonchev–Trinajstić information content (AvgIpc) is 2.56. The summed E-state index contributed by atoms with van der Waals surface area (Å²) >= 11 is 6.05. The van der Waals surface area contributed by atoms with E-state index in [2.05, 4.69) is 27.0 Å². The molecule has 0 radical (unpaired) electrons. The van der Waals surface area contributed by atoms with Crippen LogP contribution in [0.15, 0.2) is 43.0 Å². The molecule has 0 atom stereocenters. The summed E-state index contributed by atoms with van der Waals surface area (Å²) < 4.78 is 5.83. The maximum absolute atomic E-state index is 6.05. The second-order valence-corrected chi connectivity index (χ2v) is 6.10. The van der Waals surface area contributed by atoms with E-state index in [0.29, 0.717) is 10.9 Å². The lowest BCUT2D eigenvalue weighted by Crippen LogP contribution is -2.35. The minimum atomic E-state index is 0.581. The Bertz CT molecular complexity index is 585. The highest BCUT2D eigenvalue weighted by Crippen LogP contribution is 2.25. The van der Waals surface area contributed by atoms with Gasteiger partial charge in [0.05, 0.1) is 6.61 Å². The van der Waals surface area contributed by atoms with E-state index in [0.717, 1.165) is 44.8 Å². The third-order valence-corrected chi connectivity index (χ3v) is 4.36. The Balaban J connectivity index is 1.43. The molecule has 1 aliphatic heterocycles. The van der Waals surface area contributed by atoms with Crippen molar-refractivity contribution in [2.24, 2.45) is 5.92 Å². The molecule has 2 aromatic rings. The van der Waals surface area contributed by atoms with Gasteiger partial charge in [-0.2, -0.15) is 0 Å². The van der Waals surface area contributed by atoms with Crippen LogP contribution in [0.1, 0.15) is 18.4 Å². The quantitative estimate of drug-likeness (QED) is 0.847. The third-order valence-electron chi connectivity index (χ3n) is 4.07. The number of rotatable bonds is 5. The van der Waals surface area contributed by atoms with E-state index in [1.807, 2.05) is 18.5 Å². The number of halogens is 1. The summed E-state index contributed by atoms with van der Waals surface area (Å²) in [5, 5.41) is 0.581. The molecular weight excluding hydrogens is 298 g/mol. The van der Waals surface area contributed by atoms with Crippen molar-refractivity contribution in [3.63, 3.8) is 0 Å². The van der Waals surface area contributed by atoms with Crippen LogP contribution in [0, 0.1) is 5.92 Å². The fraction of sp³-hybridized carbons (Fsp3) is 0.412. The van der Waals surface area contributed by atoms with Gasteiger partial charge < -0.3 is 4.74 Å². The summed E-state index contributed by atoms with van der Waals surface area (Å²) in [6.07, 6.45) is 9.36. The van der Waals surface area contributed by atoms with Gasteiger partial charge in [-0.1, -0.05) is 11.6 Å². The van der Waals surface area contributed by atoms with Gasteiger partial charge in [0.2, 0.25) is 0 Å². The molecule has 0 saturated carbocycles. The molecule has 0 amide bonds. The fourth-order valence-corrected chi connectivity index (χ4v) is 2.92. The van der Waals surface area contributed by atoms with Crippen LogP contribution in [-0.4, -0.2) is 34.6 Å². The van der Waals surface area contributed by atoms with Crippen molar-refractivity contribution < 1.29 is 4.74 Å². The largest absolute Gasteiger partial charge is 0.492 e. The lowest BCUT2D eigenvalue weighted by Gasteiger charge is -2.31. The fourth-order valence-electron chi connectivity index (χ4n) is 2.74. The normalized spacial score (nSPS) is 16.6. The molecule has 1 aliphatic rings. The van der Waals surface area contributed by atoms with E-state index in [1.165, 1.54) is 5.56 Å². The molecule has 0 bridgehead atoms. The molecule has 4 nitrogen and oxygen atoms in total. The lowest BCUT2D eigenvalue weighted by atomic mass is 9.97. The molecule has 2 aromatic heterocycles. The first-order valence-electron chi connectivity index (χ1n) is 7.65. The molecule has 0 aliphatic carbocycles. The molecule has 1 fully saturated rings. The highest BCUT2D eigenvalue weighted by molar-refractivity contribution is 6.31. The molecule has 1 saturated heterocycles. The van der Waals surface area contributed by atoms with Gasteiger partial charge in [0.15, 0.2) is 0 Å². The lowest BCUT2D eigenvalue weighted by molar-refractivity contribution is 0.136. The summed E-state index contributed by atoms with van der Waals surface area (Å²) in [6, 6.07) is 5.99. The van der Waals surface area contributed by atoms with Crippen molar-refractivity contribution in [3.05, 3.63) is 53.6 Å². The Hall–Kier alpha value is -1.65. The molecule has 0 N–H and O–H groups in total. The molecular formula is C17H20ClN3O. The van der Waals surface area contributed by atoms with E-state index in [9.17, 15) is 0 Å². The average molecular weight is 318 g/mol. The van der Waals surface area contributed by atoms with Gasteiger partial charge in [-0.05, 0) is 49.5 Å². The van der Waals surface area contributed by atoms with Crippen LogP contribution in [0.4, 0.5) is 0 Å². The zero-order chi connectivity index (χ0) is 15.2. The predicted molar refractivity (Wildman–Crippen MR) is 87.0 cm³/mol. The minimum absolute atomic E-state index is 0.581. The van der Waals surface area contributed by atoms with Crippen LogP contribution in [0.5, 0.6) is 5.75 Å². The third kappa shape index (κ3) is 4.18. The maximum Gasteiger partial charge on any atom is 0.141 e. The highest BCUT2D eigenvalue weighted by atomic mass is 35.5. The van der Waals surface area contributed by atoms with Gasteiger partial charge >= 0.3 is 0 Å². The van der Waals surface area contributed by atoms with E-state index >= 15 is 0 Å². The van der Waals surface area contributed by atoms with Crippen molar-refractivity contribution in [2.75, 3.05) is 19.7 Å². The number of hydrogen-bond donors (Lipinski definition) is 0. The van der Waals surface area contributed by atoms with E-state index < -0.39 is 0 Å². The van der Waals surface area contributed by atoms with Gasteiger partial charge in [-0.15, -0.1) is 0 Å². The van der Waals surface area contributed by atoms with Crippen LogP contribution in [0.2, 0.25) is 5.02 Å². The smallest absolute Gasteiger partial charge is 0.141 e. The van der Waals surface area contributed by atoms with Crippen LogP contribution in [0.25, 0.3) is 0 Å². The van der Waals surface area contributed by atoms with Crippen LogP contribution >= 0.6 is 11.6 Å². The summed E-state index contributed by atoms with van der Waals surface area (Å²) in [5.74, 6) is 1.33. The Kier molecular flexibility index (Phi) is 5.24. The minimum Gasteiger partial charge on any atom is -0.492 e. The van der Waals surface area contributed by atoms with Gasteiger partial charge in [-0.25, -0.2) is 0 Å². The Labute approximate surface area is 136 Å². The van der Waals surface area contributed by atoms with Gasteiger partial charge in [0, 0.05) is 37.4 Å². The van der Waals surface area contributed by atoms with E-state index in [4.69, 9.17) is 16.3 Å². The molecule has 0 aromatic carbocycles. The number of likely N-dealkylation sites (tertiary alicyclic amines) is 1. The summed E-state index contributed by atoms with van der Waals surface area (Å²) in [6.45, 7) is 3.96. The second-order valence-electron chi connectivity index (χ2n) is 5.69. The zero-order valence-corrected chi connectivity index (χ0v) is 13.2.